The maximum atomic E-state index is 13.1. The smallest absolute Gasteiger partial charge is 0.227 e. The van der Waals surface area contributed by atoms with Gasteiger partial charge in [-0.25, -0.2) is 8.78 Å². The van der Waals surface area contributed by atoms with Gasteiger partial charge in [0.25, 0.3) is 0 Å². The molecule has 3 nitrogen and oxygen atoms in total. The van der Waals surface area contributed by atoms with E-state index in [4.69, 9.17) is 5.73 Å². The van der Waals surface area contributed by atoms with Gasteiger partial charge in [-0.15, -0.1) is 0 Å². The van der Waals surface area contributed by atoms with Crippen LogP contribution in [0, 0.1) is 11.6 Å². The molecule has 0 spiro atoms. The summed E-state index contributed by atoms with van der Waals surface area (Å²) < 4.78 is 25.9. The maximum absolute atomic E-state index is 13.1. The van der Waals surface area contributed by atoms with Crippen molar-refractivity contribution in [3.05, 3.63) is 65.2 Å². The first-order valence-corrected chi connectivity index (χ1v) is 6.48. The second kappa shape index (κ2) is 6.35. The minimum Gasteiger partial charge on any atom is -0.399 e. The lowest BCUT2D eigenvalue weighted by Gasteiger charge is -2.17. The summed E-state index contributed by atoms with van der Waals surface area (Å²) in [5.74, 6) is -2.04. The zero-order chi connectivity index (χ0) is 15.4. The summed E-state index contributed by atoms with van der Waals surface area (Å²) in [5.41, 5.74) is 7.67. The largest absolute Gasteiger partial charge is 0.399 e. The Labute approximate surface area is 122 Å². The predicted octanol–water partition coefficient (Wildman–Crippen LogP) is 2.75. The molecule has 0 radical (unpaired) electrons. The molecular formula is C16H16F2N2O. The van der Waals surface area contributed by atoms with E-state index in [9.17, 15) is 13.6 Å². The number of halogens is 2. The molecule has 2 rings (SSSR count). The van der Waals surface area contributed by atoms with Gasteiger partial charge in [-0.2, -0.15) is 0 Å². The van der Waals surface area contributed by atoms with Crippen LogP contribution < -0.4 is 5.73 Å². The lowest BCUT2D eigenvalue weighted by Crippen LogP contribution is -2.27. The van der Waals surface area contributed by atoms with Gasteiger partial charge < -0.3 is 10.6 Å². The number of benzene rings is 2. The Morgan fingerprint density at radius 1 is 1.10 bits per heavy atom. The van der Waals surface area contributed by atoms with Crippen LogP contribution in [0.2, 0.25) is 0 Å². The minimum absolute atomic E-state index is 0.0238. The first-order valence-electron chi connectivity index (χ1n) is 6.48. The molecule has 0 aromatic heterocycles. The highest BCUT2D eigenvalue weighted by Crippen LogP contribution is 2.12. The Kier molecular flexibility index (Phi) is 4.52. The number of amides is 1. The molecular weight excluding hydrogens is 274 g/mol. The van der Waals surface area contributed by atoms with Crippen molar-refractivity contribution >= 4 is 11.6 Å². The zero-order valence-electron chi connectivity index (χ0n) is 11.6. The predicted molar refractivity (Wildman–Crippen MR) is 77.4 cm³/mol. The maximum Gasteiger partial charge on any atom is 0.227 e. The van der Waals surface area contributed by atoms with Crippen LogP contribution in [0.5, 0.6) is 0 Å². The van der Waals surface area contributed by atoms with Crippen LogP contribution in [0.1, 0.15) is 11.1 Å². The molecule has 2 N–H and O–H groups in total. The molecule has 0 unspecified atom stereocenters. The fraction of sp³-hybridized carbons (Fsp3) is 0.188. The van der Waals surface area contributed by atoms with Gasteiger partial charge in [-0.3, -0.25) is 4.79 Å². The van der Waals surface area contributed by atoms with Crippen molar-refractivity contribution in [1.29, 1.82) is 0 Å². The summed E-state index contributed by atoms with van der Waals surface area (Å²) in [6, 6.07) is 10.7. The highest BCUT2D eigenvalue weighted by Gasteiger charge is 2.12. The first-order chi connectivity index (χ1) is 9.95. The Balaban J connectivity index is 2.00. The van der Waals surface area contributed by atoms with Gasteiger partial charge in [0.2, 0.25) is 5.91 Å². The number of rotatable bonds is 4. The van der Waals surface area contributed by atoms with Crippen LogP contribution in [0.4, 0.5) is 14.5 Å². The van der Waals surface area contributed by atoms with Crippen LogP contribution in [0.15, 0.2) is 42.5 Å². The number of nitrogens with zero attached hydrogens (tertiary/aromatic N) is 1. The van der Waals surface area contributed by atoms with Gasteiger partial charge in [0.15, 0.2) is 11.6 Å². The molecule has 0 aliphatic heterocycles. The summed E-state index contributed by atoms with van der Waals surface area (Å²) in [5, 5.41) is 0. The zero-order valence-corrected chi connectivity index (χ0v) is 11.6. The SMILES string of the molecule is CN(Cc1cccc(N)c1)C(=O)Cc1ccc(F)c(F)c1. The highest BCUT2D eigenvalue weighted by atomic mass is 19.2. The normalized spacial score (nSPS) is 10.4. The van der Waals surface area contributed by atoms with Crippen LogP contribution in [-0.2, 0) is 17.8 Å². The molecule has 2 aromatic rings. The molecule has 0 bridgehead atoms. The van der Waals surface area contributed by atoms with Crippen molar-refractivity contribution in [2.45, 2.75) is 13.0 Å². The number of carbonyl (C=O) groups is 1. The third-order valence-corrected chi connectivity index (χ3v) is 3.14. The monoisotopic (exact) mass is 290 g/mol. The Morgan fingerprint density at radius 2 is 1.86 bits per heavy atom. The van der Waals surface area contributed by atoms with E-state index in [1.54, 1.807) is 19.2 Å². The van der Waals surface area contributed by atoms with Crippen LogP contribution in [0.3, 0.4) is 0 Å². The fourth-order valence-electron chi connectivity index (χ4n) is 2.01. The Morgan fingerprint density at radius 3 is 2.52 bits per heavy atom. The van der Waals surface area contributed by atoms with Crippen molar-refractivity contribution in [2.75, 3.05) is 12.8 Å². The van der Waals surface area contributed by atoms with E-state index in [2.05, 4.69) is 0 Å². The molecule has 0 heterocycles. The molecule has 0 atom stereocenters. The van der Waals surface area contributed by atoms with E-state index in [0.717, 1.165) is 17.7 Å². The molecule has 5 heteroatoms. The average molecular weight is 290 g/mol. The molecule has 0 saturated heterocycles. The number of nitrogens with two attached hydrogens (primary N) is 1. The lowest BCUT2D eigenvalue weighted by atomic mass is 10.1. The molecule has 0 saturated carbocycles. The van der Waals surface area contributed by atoms with Gasteiger partial charge in [0, 0.05) is 19.3 Å². The number of hydrogen-bond acceptors (Lipinski definition) is 2. The minimum atomic E-state index is -0.946. The lowest BCUT2D eigenvalue weighted by molar-refractivity contribution is -0.129. The molecule has 0 fully saturated rings. The summed E-state index contributed by atoms with van der Waals surface area (Å²) in [6.07, 6.45) is 0.0238. The Hall–Kier alpha value is -2.43. The average Bonchev–Trinajstić information content (AvgIpc) is 2.43. The van der Waals surface area contributed by atoms with Gasteiger partial charge in [-0.1, -0.05) is 18.2 Å². The quantitative estimate of drug-likeness (QED) is 0.880. The summed E-state index contributed by atoms with van der Waals surface area (Å²) in [7, 11) is 1.66. The molecule has 21 heavy (non-hydrogen) atoms. The van der Waals surface area contributed by atoms with Crippen LogP contribution in [0.25, 0.3) is 0 Å². The van der Waals surface area contributed by atoms with E-state index in [-0.39, 0.29) is 12.3 Å². The van der Waals surface area contributed by atoms with Crippen LogP contribution in [-0.4, -0.2) is 17.9 Å². The van der Waals surface area contributed by atoms with E-state index < -0.39 is 11.6 Å². The fourth-order valence-corrected chi connectivity index (χ4v) is 2.01. The summed E-state index contributed by atoms with van der Waals surface area (Å²) in [6.45, 7) is 0.410. The number of nitrogen functional groups attached to an aromatic ring is 1. The van der Waals surface area contributed by atoms with Crippen molar-refractivity contribution in [3.63, 3.8) is 0 Å². The van der Waals surface area contributed by atoms with Crippen molar-refractivity contribution < 1.29 is 13.6 Å². The van der Waals surface area contributed by atoms with E-state index in [0.29, 0.717) is 17.8 Å². The van der Waals surface area contributed by atoms with Crippen molar-refractivity contribution in [1.82, 2.24) is 4.90 Å². The first kappa shape index (κ1) is 15.0. The summed E-state index contributed by atoms with van der Waals surface area (Å²) in [4.78, 5) is 13.6. The number of carbonyl (C=O) groups excluding carboxylic acids is 1. The van der Waals surface area contributed by atoms with Gasteiger partial charge in [-0.05, 0) is 35.4 Å². The Bertz CT molecular complexity index is 658. The van der Waals surface area contributed by atoms with Gasteiger partial charge in [0.1, 0.15) is 0 Å². The molecule has 1 amide bonds. The van der Waals surface area contributed by atoms with Crippen molar-refractivity contribution in [3.8, 4) is 0 Å². The van der Waals surface area contributed by atoms with E-state index in [1.165, 1.54) is 11.0 Å². The standard InChI is InChI=1S/C16H16F2N2O/c1-20(10-12-3-2-4-13(19)7-12)16(21)9-11-5-6-14(17)15(18)8-11/h2-8H,9-10,19H2,1H3. The second-order valence-electron chi connectivity index (χ2n) is 4.92. The third kappa shape index (κ3) is 4.02. The molecule has 2 aromatic carbocycles. The second-order valence-corrected chi connectivity index (χ2v) is 4.92. The van der Waals surface area contributed by atoms with Gasteiger partial charge >= 0.3 is 0 Å². The van der Waals surface area contributed by atoms with E-state index >= 15 is 0 Å². The number of hydrogen-bond donors (Lipinski definition) is 1. The highest BCUT2D eigenvalue weighted by molar-refractivity contribution is 5.78. The third-order valence-electron chi connectivity index (χ3n) is 3.14. The molecule has 110 valence electrons. The topological polar surface area (TPSA) is 46.3 Å². The molecule has 0 aliphatic carbocycles. The molecule has 0 aliphatic rings. The number of likely N-dealkylation sites (N-methyl/N-ethyl adjacent to an activating group) is 1. The van der Waals surface area contributed by atoms with E-state index in [1.807, 2.05) is 12.1 Å². The van der Waals surface area contributed by atoms with Gasteiger partial charge in [0.05, 0.1) is 6.42 Å². The number of anilines is 1. The summed E-state index contributed by atoms with van der Waals surface area (Å²) >= 11 is 0. The van der Waals surface area contributed by atoms with Crippen LogP contribution >= 0.6 is 0 Å². The van der Waals surface area contributed by atoms with Crippen molar-refractivity contribution in [2.24, 2.45) is 0 Å².